The summed E-state index contributed by atoms with van der Waals surface area (Å²) in [5.41, 5.74) is 2.17. The highest BCUT2D eigenvalue weighted by Gasteiger charge is 2.15. The SMILES string of the molecule is CCc1cc(C(=O)Nc2ccc(NC(=O)c3cccc(S(C)(=O)=O)c3)c(Cl)c2)sc1C. The van der Waals surface area contributed by atoms with Crippen LogP contribution in [-0.2, 0) is 16.3 Å². The van der Waals surface area contributed by atoms with E-state index >= 15 is 0 Å². The van der Waals surface area contributed by atoms with Crippen molar-refractivity contribution in [1.29, 1.82) is 0 Å². The van der Waals surface area contributed by atoms with E-state index in [1.54, 1.807) is 18.2 Å². The lowest BCUT2D eigenvalue weighted by Crippen LogP contribution is -2.14. The Morgan fingerprint density at radius 1 is 1.03 bits per heavy atom. The van der Waals surface area contributed by atoms with Crippen LogP contribution in [0.4, 0.5) is 11.4 Å². The van der Waals surface area contributed by atoms with Crippen LogP contribution < -0.4 is 10.6 Å². The number of hydrogen-bond donors (Lipinski definition) is 2. The summed E-state index contributed by atoms with van der Waals surface area (Å²) in [4.78, 5) is 26.8. The first-order valence-electron chi connectivity index (χ1n) is 9.40. The molecule has 31 heavy (non-hydrogen) atoms. The summed E-state index contributed by atoms with van der Waals surface area (Å²) in [6.07, 6.45) is 1.94. The number of halogens is 1. The third-order valence-electron chi connectivity index (χ3n) is 4.62. The summed E-state index contributed by atoms with van der Waals surface area (Å²) in [5.74, 6) is -0.719. The van der Waals surface area contributed by atoms with E-state index in [4.69, 9.17) is 11.6 Å². The highest BCUT2D eigenvalue weighted by molar-refractivity contribution is 7.90. The molecule has 3 rings (SSSR count). The van der Waals surface area contributed by atoms with Gasteiger partial charge in [0.25, 0.3) is 11.8 Å². The smallest absolute Gasteiger partial charge is 0.265 e. The van der Waals surface area contributed by atoms with E-state index in [-0.39, 0.29) is 21.4 Å². The molecule has 0 aliphatic rings. The van der Waals surface area contributed by atoms with E-state index in [0.717, 1.165) is 23.1 Å². The van der Waals surface area contributed by atoms with E-state index < -0.39 is 15.7 Å². The van der Waals surface area contributed by atoms with Gasteiger partial charge in [-0.3, -0.25) is 9.59 Å². The van der Waals surface area contributed by atoms with Gasteiger partial charge in [-0.15, -0.1) is 11.3 Å². The summed E-state index contributed by atoms with van der Waals surface area (Å²) in [6.45, 7) is 4.03. The maximum absolute atomic E-state index is 12.5. The van der Waals surface area contributed by atoms with Crippen LogP contribution >= 0.6 is 22.9 Å². The second-order valence-corrected chi connectivity index (χ2v) is 10.6. The summed E-state index contributed by atoms with van der Waals surface area (Å²) >= 11 is 7.72. The fraction of sp³-hybridized carbons (Fsp3) is 0.182. The Hall–Kier alpha value is -2.68. The molecule has 3 aromatic rings. The normalized spacial score (nSPS) is 11.2. The van der Waals surface area contributed by atoms with Crippen molar-refractivity contribution in [2.75, 3.05) is 16.9 Å². The fourth-order valence-corrected chi connectivity index (χ4v) is 4.84. The molecular weight excluding hydrogens is 456 g/mol. The van der Waals surface area contributed by atoms with Crippen LogP contribution in [0.3, 0.4) is 0 Å². The Morgan fingerprint density at radius 3 is 2.39 bits per heavy atom. The van der Waals surface area contributed by atoms with E-state index in [1.807, 2.05) is 19.9 Å². The lowest BCUT2D eigenvalue weighted by Gasteiger charge is -2.10. The highest BCUT2D eigenvalue weighted by Crippen LogP contribution is 2.28. The maximum atomic E-state index is 12.5. The Labute approximate surface area is 190 Å². The number of hydrogen-bond acceptors (Lipinski definition) is 5. The standard InChI is InChI=1S/C22H21ClN2O4S2/c1-4-14-11-20(30-13(14)2)22(27)24-16-8-9-19(18(23)12-16)25-21(26)15-6-5-7-17(10-15)31(3,28)29/h5-12H,4H2,1-3H3,(H,24,27)(H,25,26). The first kappa shape index (κ1) is 23.0. The number of carbonyl (C=O) groups excluding carboxylic acids is 2. The average molecular weight is 477 g/mol. The van der Waals surface area contributed by atoms with E-state index in [9.17, 15) is 18.0 Å². The molecule has 2 aromatic carbocycles. The topological polar surface area (TPSA) is 92.3 Å². The lowest BCUT2D eigenvalue weighted by molar-refractivity contribution is 0.102. The van der Waals surface area contributed by atoms with Crippen molar-refractivity contribution < 1.29 is 18.0 Å². The molecule has 0 atom stereocenters. The third kappa shape index (κ3) is 5.52. The van der Waals surface area contributed by atoms with Crippen molar-refractivity contribution in [3.05, 3.63) is 74.4 Å². The molecule has 2 amide bonds. The number of anilines is 2. The van der Waals surface area contributed by atoms with Crippen molar-refractivity contribution in [3.8, 4) is 0 Å². The Morgan fingerprint density at radius 2 is 1.77 bits per heavy atom. The summed E-state index contributed by atoms with van der Waals surface area (Å²) in [5, 5.41) is 5.71. The van der Waals surface area contributed by atoms with Gasteiger partial charge in [-0.1, -0.05) is 24.6 Å². The zero-order valence-corrected chi connectivity index (χ0v) is 19.5. The van der Waals surface area contributed by atoms with E-state index in [2.05, 4.69) is 10.6 Å². The molecule has 0 aliphatic carbocycles. The number of thiophene rings is 1. The van der Waals surface area contributed by atoms with E-state index in [0.29, 0.717) is 16.3 Å². The molecule has 0 bridgehead atoms. The van der Waals surface area contributed by atoms with Crippen molar-refractivity contribution >= 4 is 56.0 Å². The molecule has 0 spiro atoms. The van der Waals surface area contributed by atoms with Gasteiger partial charge in [-0.25, -0.2) is 8.42 Å². The Balaban J connectivity index is 1.73. The van der Waals surface area contributed by atoms with Gasteiger partial charge in [0.05, 0.1) is 20.5 Å². The first-order valence-corrected chi connectivity index (χ1v) is 12.5. The van der Waals surface area contributed by atoms with Gasteiger partial charge in [-0.05, 0) is 61.4 Å². The molecule has 162 valence electrons. The minimum absolute atomic E-state index is 0.0550. The minimum atomic E-state index is -3.43. The highest BCUT2D eigenvalue weighted by atomic mass is 35.5. The molecule has 1 aromatic heterocycles. The molecular formula is C22H21ClN2O4S2. The second kappa shape index (κ2) is 9.21. The first-order chi connectivity index (χ1) is 14.6. The van der Waals surface area contributed by atoms with Crippen molar-refractivity contribution in [3.63, 3.8) is 0 Å². The van der Waals surface area contributed by atoms with Gasteiger partial charge in [-0.2, -0.15) is 0 Å². The molecule has 0 aliphatic heterocycles. The van der Waals surface area contributed by atoms with Gasteiger partial charge < -0.3 is 10.6 Å². The van der Waals surface area contributed by atoms with Crippen molar-refractivity contribution in [2.45, 2.75) is 25.2 Å². The summed E-state index contributed by atoms with van der Waals surface area (Å²) < 4.78 is 23.4. The number of benzene rings is 2. The maximum Gasteiger partial charge on any atom is 0.265 e. The Bertz CT molecular complexity index is 1270. The zero-order chi connectivity index (χ0) is 22.8. The molecule has 0 saturated heterocycles. The summed E-state index contributed by atoms with van der Waals surface area (Å²) in [6, 6.07) is 12.4. The quantitative estimate of drug-likeness (QED) is 0.512. The molecule has 6 nitrogen and oxygen atoms in total. The average Bonchev–Trinajstić information content (AvgIpc) is 3.10. The van der Waals surface area contributed by atoms with Crippen LogP contribution in [0.1, 0.15) is 37.4 Å². The van der Waals surface area contributed by atoms with Gasteiger partial charge in [0, 0.05) is 22.4 Å². The van der Waals surface area contributed by atoms with Gasteiger partial charge in [0.1, 0.15) is 0 Å². The number of nitrogens with one attached hydrogen (secondary N) is 2. The van der Waals surface area contributed by atoms with Crippen LogP contribution in [-0.4, -0.2) is 26.5 Å². The number of sulfone groups is 1. The molecule has 1 heterocycles. The van der Waals surface area contributed by atoms with E-state index in [1.165, 1.54) is 35.6 Å². The molecule has 9 heteroatoms. The monoisotopic (exact) mass is 476 g/mol. The second-order valence-electron chi connectivity index (χ2n) is 6.95. The van der Waals surface area contributed by atoms with Gasteiger partial charge in [0.2, 0.25) is 0 Å². The molecule has 0 fully saturated rings. The predicted octanol–water partition coefficient (Wildman–Crippen LogP) is 5.18. The van der Waals surface area contributed by atoms with Crippen LogP contribution in [0.15, 0.2) is 53.4 Å². The molecule has 2 N–H and O–H groups in total. The molecule has 0 unspecified atom stereocenters. The number of rotatable bonds is 6. The molecule has 0 saturated carbocycles. The fourth-order valence-electron chi connectivity index (χ4n) is 2.93. The van der Waals surface area contributed by atoms with Crippen molar-refractivity contribution in [2.24, 2.45) is 0 Å². The lowest BCUT2D eigenvalue weighted by atomic mass is 10.2. The van der Waals surface area contributed by atoms with Crippen LogP contribution in [0, 0.1) is 6.92 Å². The van der Waals surface area contributed by atoms with Crippen LogP contribution in [0.2, 0.25) is 5.02 Å². The number of carbonyl (C=O) groups is 2. The van der Waals surface area contributed by atoms with Gasteiger partial charge in [0.15, 0.2) is 9.84 Å². The largest absolute Gasteiger partial charge is 0.321 e. The predicted molar refractivity (Wildman–Crippen MR) is 125 cm³/mol. The van der Waals surface area contributed by atoms with Crippen LogP contribution in [0.25, 0.3) is 0 Å². The minimum Gasteiger partial charge on any atom is -0.321 e. The van der Waals surface area contributed by atoms with Gasteiger partial charge >= 0.3 is 0 Å². The van der Waals surface area contributed by atoms with Crippen molar-refractivity contribution in [1.82, 2.24) is 0 Å². The number of amides is 2. The summed E-state index contributed by atoms with van der Waals surface area (Å²) in [7, 11) is -3.43. The zero-order valence-electron chi connectivity index (χ0n) is 17.2. The Kier molecular flexibility index (Phi) is 6.83. The number of aryl methyl sites for hydroxylation is 2. The molecule has 0 radical (unpaired) electrons. The third-order valence-corrected chi connectivity index (χ3v) is 7.14. The van der Waals surface area contributed by atoms with Crippen LogP contribution in [0.5, 0.6) is 0 Å².